The molecule has 34 heavy (non-hydrogen) atoms. The maximum atomic E-state index is 12.8. The van der Waals surface area contributed by atoms with Gasteiger partial charge < -0.3 is 20.6 Å². The Bertz CT molecular complexity index is 1140. The summed E-state index contributed by atoms with van der Waals surface area (Å²) < 4.78 is 23.3. The van der Waals surface area contributed by atoms with E-state index < -0.39 is 21.8 Å². The van der Waals surface area contributed by atoms with E-state index in [1.54, 1.807) is 0 Å². The molecule has 0 spiro atoms. The van der Waals surface area contributed by atoms with Crippen molar-refractivity contribution in [3.63, 3.8) is 0 Å². The molecule has 1 fully saturated rings. The molecule has 3 N–H and O–H groups in total. The number of carbonyl (C=O) groups excluding carboxylic acids is 1. The Labute approximate surface area is 201 Å². The number of amides is 2. The normalized spacial score (nSPS) is 19.4. The molecular weight excluding hydrogens is 454 g/mol. The molecule has 8 nitrogen and oxygen atoms in total. The fourth-order valence-corrected chi connectivity index (χ4v) is 5.18. The van der Waals surface area contributed by atoms with E-state index in [2.05, 4.69) is 29.4 Å². The summed E-state index contributed by atoms with van der Waals surface area (Å²) in [6, 6.07) is 11.2. The summed E-state index contributed by atoms with van der Waals surface area (Å²) in [6.07, 6.45) is 2.27. The molecule has 2 amide bonds. The van der Waals surface area contributed by atoms with Crippen molar-refractivity contribution in [3.05, 3.63) is 48.0 Å². The summed E-state index contributed by atoms with van der Waals surface area (Å²) in [5, 5.41) is 14.8. The number of sulfone groups is 1. The topological polar surface area (TPSA) is 116 Å². The molecule has 1 saturated heterocycles. The maximum absolute atomic E-state index is 12.8. The van der Waals surface area contributed by atoms with Crippen molar-refractivity contribution in [1.29, 1.82) is 0 Å². The second kappa shape index (κ2) is 10.5. The van der Waals surface area contributed by atoms with Crippen LogP contribution in [0.5, 0.6) is 0 Å². The second-order valence-corrected chi connectivity index (χ2v) is 11.5. The molecule has 0 bridgehead atoms. The SMILES string of the molecule is CC1CC(C)CN(c2ccc(C(C)CC(=O)O)cc2NC(=O)Nc2ccc(S(C)(=O)=O)cc2)C1. The van der Waals surface area contributed by atoms with Crippen LogP contribution in [-0.2, 0) is 14.6 Å². The van der Waals surface area contributed by atoms with Crippen molar-refractivity contribution >= 4 is 38.9 Å². The Hall–Kier alpha value is -3.07. The van der Waals surface area contributed by atoms with Gasteiger partial charge in [0.1, 0.15) is 0 Å². The Balaban J connectivity index is 1.85. The third-order valence-electron chi connectivity index (χ3n) is 6.07. The summed E-state index contributed by atoms with van der Waals surface area (Å²) >= 11 is 0. The van der Waals surface area contributed by atoms with Crippen LogP contribution in [0.25, 0.3) is 0 Å². The summed E-state index contributed by atoms with van der Waals surface area (Å²) in [7, 11) is -3.32. The molecule has 9 heteroatoms. The number of carbonyl (C=O) groups is 2. The predicted molar refractivity (Wildman–Crippen MR) is 134 cm³/mol. The van der Waals surface area contributed by atoms with Crippen molar-refractivity contribution in [3.8, 4) is 0 Å². The van der Waals surface area contributed by atoms with Gasteiger partial charge in [0.15, 0.2) is 9.84 Å². The first-order valence-electron chi connectivity index (χ1n) is 11.4. The molecule has 0 aromatic heterocycles. The standard InChI is InChI=1S/C25H33N3O5S/c1-16-11-17(2)15-28(14-16)23-10-5-19(18(3)12-24(29)30)13-22(23)27-25(31)26-20-6-8-21(9-7-20)34(4,32)33/h5-10,13,16-18H,11-12,14-15H2,1-4H3,(H,29,30)(H2,26,27,31). The first-order chi connectivity index (χ1) is 15.9. The Morgan fingerprint density at radius 2 is 1.68 bits per heavy atom. The van der Waals surface area contributed by atoms with Crippen LogP contribution in [-0.4, -0.2) is 44.9 Å². The largest absolute Gasteiger partial charge is 0.481 e. The lowest BCUT2D eigenvalue weighted by atomic mass is 9.91. The van der Waals surface area contributed by atoms with Crippen LogP contribution in [0.4, 0.5) is 21.9 Å². The molecule has 184 valence electrons. The molecule has 1 aliphatic rings. The van der Waals surface area contributed by atoms with E-state index in [0.29, 0.717) is 23.2 Å². The minimum absolute atomic E-state index is 0.00451. The lowest BCUT2D eigenvalue weighted by Gasteiger charge is -2.37. The first-order valence-corrected chi connectivity index (χ1v) is 13.3. The highest BCUT2D eigenvalue weighted by Gasteiger charge is 2.25. The quantitative estimate of drug-likeness (QED) is 0.517. The van der Waals surface area contributed by atoms with Gasteiger partial charge in [-0.3, -0.25) is 4.79 Å². The fourth-order valence-electron chi connectivity index (χ4n) is 4.55. The van der Waals surface area contributed by atoms with Crippen molar-refractivity contribution < 1.29 is 23.1 Å². The molecular formula is C25H33N3O5S. The molecule has 3 rings (SSSR count). The zero-order chi connectivity index (χ0) is 25.0. The average molecular weight is 488 g/mol. The number of piperidine rings is 1. The Morgan fingerprint density at radius 1 is 1.06 bits per heavy atom. The first kappa shape index (κ1) is 25.6. The van der Waals surface area contributed by atoms with Crippen molar-refractivity contribution in [2.75, 3.05) is 34.9 Å². The number of nitrogens with one attached hydrogen (secondary N) is 2. The molecule has 0 radical (unpaired) electrons. The monoisotopic (exact) mass is 487 g/mol. The van der Waals surface area contributed by atoms with E-state index in [4.69, 9.17) is 0 Å². The summed E-state index contributed by atoms with van der Waals surface area (Å²) in [5.41, 5.74) is 2.80. The number of nitrogens with zero attached hydrogens (tertiary/aromatic N) is 1. The van der Waals surface area contributed by atoms with Gasteiger partial charge in [-0.1, -0.05) is 26.8 Å². The van der Waals surface area contributed by atoms with Gasteiger partial charge in [-0.05, 0) is 66.1 Å². The van der Waals surface area contributed by atoms with Gasteiger partial charge in [-0.15, -0.1) is 0 Å². The number of benzene rings is 2. The zero-order valence-corrected chi connectivity index (χ0v) is 20.9. The number of aliphatic carboxylic acids is 1. The smallest absolute Gasteiger partial charge is 0.323 e. The number of anilines is 3. The second-order valence-electron chi connectivity index (χ2n) is 9.50. The highest BCUT2D eigenvalue weighted by Crippen LogP contribution is 2.35. The van der Waals surface area contributed by atoms with Crippen LogP contribution in [0.1, 0.15) is 45.1 Å². The highest BCUT2D eigenvalue weighted by molar-refractivity contribution is 7.90. The van der Waals surface area contributed by atoms with Gasteiger partial charge in [0.05, 0.1) is 22.7 Å². The van der Waals surface area contributed by atoms with E-state index in [1.807, 2.05) is 25.1 Å². The van der Waals surface area contributed by atoms with E-state index in [9.17, 15) is 23.1 Å². The molecule has 2 aromatic carbocycles. The number of rotatable bonds is 7. The van der Waals surface area contributed by atoms with E-state index in [1.165, 1.54) is 24.3 Å². The van der Waals surface area contributed by atoms with Crippen molar-refractivity contribution in [1.82, 2.24) is 0 Å². The molecule has 0 aliphatic carbocycles. The third kappa shape index (κ3) is 6.72. The summed E-state index contributed by atoms with van der Waals surface area (Å²) in [5.74, 6) is -0.0493. The molecule has 3 unspecified atom stereocenters. The van der Waals surface area contributed by atoms with Crippen LogP contribution in [0.15, 0.2) is 47.4 Å². The maximum Gasteiger partial charge on any atom is 0.323 e. The number of urea groups is 1. The van der Waals surface area contributed by atoms with Crippen LogP contribution < -0.4 is 15.5 Å². The number of hydrogen-bond acceptors (Lipinski definition) is 5. The fraction of sp³-hybridized carbons (Fsp3) is 0.440. The van der Waals surface area contributed by atoms with E-state index in [-0.39, 0.29) is 17.2 Å². The summed E-state index contributed by atoms with van der Waals surface area (Å²) in [4.78, 5) is 26.5. The number of hydrogen-bond donors (Lipinski definition) is 3. The van der Waals surface area contributed by atoms with E-state index >= 15 is 0 Å². The van der Waals surface area contributed by atoms with Gasteiger partial charge in [0.25, 0.3) is 0 Å². The predicted octanol–water partition coefficient (Wildman–Crippen LogP) is 4.79. The zero-order valence-electron chi connectivity index (χ0n) is 20.0. The Kier molecular flexibility index (Phi) is 7.86. The van der Waals surface area contributed by atoms with Crippen LogP contribution in [0.3, 0.4) is 0 Å². The minimum atomic E-state index is -3.32. The lowest BCUT2D eigenvalue weighted by Crippen LogP contribution is -2.39. The number of carboxylic acids is 1. The average Bonchev–Trinajstić information content (AvgIpc) is 2.72. The van der Waals surface area contributed by atoms with Crippen LogP contribution in [0, 0.1) is 11.8 Å². The van der Waals surface area contributed by atoms with Crippen LogP contribution in [0.2, 0.25) is 0 Å². The van der Waals surface area contributed by atoms with Gasteiger partial charge in [0, 0.05) is 25.0 Å². The summed E-state index contributed by atoms with van der Waals surface area (Å²) in [6.45, 7) is 8.02. The van der Waals surface area contributed by atoms with Gasteiger partial charge in [-0.2, -0.15) is 0 Å². The highest BCUT2D eigenvalue weighted by atomic mass is 32.2. The van der Waals surface area contributed by atoms with Gasteiger partial charge >= 0.3 is 12.0 Å². The Morgan fingerprint density at radius 3 is 2.24 bits per heavy atom. The third-order valence-corrected chi connectivity index (χ3v) is 7.20. The molecule has 3 atom stereocenters. The van der Waals surface area contributed by atoms with Gasteiger partial charge in [0.2, 0.25) is 0 Å². The molecule has 1 heterocycles. The minimum Gasteiger partial charge on any atom is -0.481 e. The lowest BCUT2D eigenvalue weighted by molar-refractivity contribution is -0.137. The van der Waals surface area contributed by atoms with Crippen LogP contribution >= 0.6 is 0 Å². The van der Waals surface area contributed by atoms with E-state index in [0.717, 1.165) is 37.0 Å². The number of carboxylic acid groups (broad SMARTS) is 1. The van der Waals surface area contributed by atoms with Crippen molar-refractivity contribution in [2.45, 2.75) is 44.4 Å². The molecule has 2 aromatic rings. The van der Waals surface area contributed by atoms with Crippen molar-refractivity contribution in [2.24, 2.45) is 11.8 Å². The molecule has 1 aliphatic heterocycles. The molecule has 0 saturated carbocycles. The van der Waals surface area contributed by atoms with Gasteiger partial charge in [-0.25, -0.2) is 13.2 Å².